The number of fused-ring (bicyclic) bond motifs is 1. The van der Waals surface area contributed by atoms with Crippen LogP contribution in [0.15, 0.2) is 54.9 Å². The van der Waals surface area contributed by atoms with Crippen LogP contribution in [-0.2, 0) is 6.54 Å². The molecule has 2 aromatic heterocycles. The van der Waals surface area contributed by atoms with Gasteiger partial charge in [0, 0.05) is 12.4 Å². The third kappa shape index (κ3) is 3.99. The number of aromatic nitrogens is 2. The van der Waals surface area contributed by atoms with Gasteiger partial charge in [-0.25, -0.2) is 9.37 Å². The van der Waals surface area contributed by atoms with E-state index in [-0.39, 0.29) is 23.0 Å². The van der Waals surface area contributed by atoms with Crippen molar-refractivity contribution in [2.75, 3.05) is 4.90 Å². The monoisotopic (exact) mass is 425 g/mol. The largest absolute Gasteiger partial charge is 0.279 e. The van der Waals surface area contributed by atoms with Gasteiger partial charge in [-0.05, 0) is 60.9 Å². The molecular formula is C22H17ClFN3OS. The maximum atomic E-state index is 13.5. The summed E-state index contributed by atoms with van der Waals surface area (Å²) in [5, 5.41) is 0.627. The van der Waals surface area contributed by atoms with Gasteiger partial charge >= 0.3 is 0 Å². The SMILES string of the molecule is Cc1cc(C)c2nc(N(Cc3cccnc3)C(=O)c3ccc(F)cc3Cl)sc2c1. The molecule has 0 aliphatic carbocycles. The number of halogens is 2. The highest BCUT2D eigenvalue weighted by Gasteiger charge is 2.24. The highest BCUT2D eigenvalue weighted by atomic mass is 35.5. The second-order valence-corrected chi connectivity index (χ2v) is 8.22. The number of carbonyl (C=O) groups excluding carboxylic acids is 1. The minimum atomic E-state index is -0.489. The summed E-state index contributed by atoms with van der Waals surface area (Å²) in [7, 11) is 0. The van der Waals surface area contributed by atoms with Gasteiger partial charge in [-0.3, -0.25) is 14.7 Å². The van der Waals surface area contributed by atoms with Crippen LogP contribution in [0.5, 0.6) is 0 Å². The molecule has 0 bridgehead atoms. The number of anilines is 1. The fraction of sp³-hybridized carbons (Fsp3) is 0.136. The zero-order valence-corrected chi connectivity index (χ0v) is 17.4. The number of pyridine rings is 1. The van der Waals surface area contributed by atoms with Crippen molar-refractivity contribution in [3.63, 3.8) is 0 Å². The third-order valence-corrected chi connectivity index (χ3v) is 5.86. The van der Waals surface area contributed by atoms with Crippen LogP contribution in [0.25, 0.3) is 10.2 Å². The Labute approximate surface area is 176 Å². The first-order valence-corrected chi connectivity index (χ1v) is 10.2. The minimum Gasteiger partial charge on any atom is -0.279 e. The van der Waals surface area contributed by atoms with E-state index in [0.717, 1.165) is 33.0 Å². The molecule has 0 spiro atoms. The fourth-order valence-corrected chi connectivity index (χ4v) is 4.57. The molecule has 0 atom stereocenters. The average molecular weight is 426 g/mol. The Balaban J connectivity index is 1.82. The van der Waals surface area contributed by atoms with Crippen molar-refractivity contribution in [3.8, 4) is 0 Å². The van der Waals surface area contributed by atoms with E-state index in [0.29, 0.717) is 5.13 Å². The summed E-state index contributed by atoms with van der Waals surface area (Å²) in [5.41, 5.74) is 4.13. The van der Waals surface area contributed by atoms with Crippen LogP contribution in [0, 0.1) is 19.7 Å². The van der Waals surface area contributed by atoms with Gasteiger partial charge in [0.25, 0.3) is 5.91 Å². The molecule has 7 heteroatoms. The standard InChI is InChI=1S/C22H17ClFN3OS/c1-13-8-14(2)20-19(9-13)29-22(26-20)27(12-15-4-3-7-25-11-15)21(28)17-6-5-16(24)10-18(17)23/h3-11H,12H2,1-2H3. The predicted molar refractivity (Wildman–Crippen MR) is 115 cm³/mol. The Morgan fingerprint density at radius 2 is 2.03 bits per heavy atom. The number of rotatable bonds is 4. The van der Waals surface area contributed by atoms with Crippen LogP contribution < -0.4 is 4.90 Å². The smallest absolute Gasteiger partial charge is 0.261 e. The van der Waals surface area contributed by atoms with E-state index >= 15 is 0 Å². The first-order chi connectivity index (χ1) is 13.9. The molecule has 0 fully saturated rings. The molecule has 0 N–H and O–H groups in total. The van der Waals surface area contributed by atoms with Gasteiger partial charge in [0.1, 0.15) is 5.82 Å². The molecular weight excluding hydrogens is 409 g/mol. The molecule has 0 aliphatic rings. The van der Waals surface area contributed by atoms with E-state index in [4.69, 9.17) is 16.6 Å². The Hall–Kier alpha value is -2.83. The Bertz CT molecular complexity index is 1210. The van der Waals surface area contributed by atoms with Crippen LogP contribution in [0.4, 0.5) is 9.52 Å². The van der Waals surface area contributed by atoms with E-state index in [9.17, 15) is 9.18 Å². The maximum Gasteiger partial charge on any atom is 0.261 e. The van der Waals surface area contributed by atoms with Crippen molar-refractivity contribution in [3.05, 3.63) is 88.0 Å². The first kappa shape index (κ1) is 19.5. The van der Waals surface area contributed by atoms with E-state index in [1.54, 1.807) is 17.3 Å². The lowest BCUT2D eigenvalue weighted by Crippen LogP contribution is -2.30. The highest BCUT2D eigenvalue weighted by molar-refractivity contribution is 7.22. The predicted octanol–water partition coefficient (Wildman–Crippen LogP) is 5.95. The number of benzene rings is 2. The summed E-state index contributed by atoms with van der Waals surface area (Å²) in [6.45, 7) is 4.31. The summed E-state index contributed by atoms with van der Waals surface area (Å²) in [5.74, 6) is -0.830. The fourth-order valence-electron chi connectivity index (χ4n) is 3.18. The molecule has 2 aromatic carbocycles. The number of amides is 1. The summed E-state index contributed by atoms with van der Waals surface area (Å²) in [6, 6.07) is 11.6. The number of hydrogen-bond acceptors (Lipinski definition) is 4. The lowest BCUT2D eigenvalue weighted by molar-refractivity contribution is 0.0985. The summed E-state index contributed by atoms with van der Waals surface area (Å²) in [4.78, 5) is 23.8. The van der Waals surface area contributed by atoms with Crippen molar-refractivity contribution in [1.82, 2.24) is 9.97 Å². The van der Waals surface area contributed by atoms with Gasteiger partial charge in [0.15, 0.2) is 5.13 Å². The van der Waals surface area contributed by atoms with Gasteiger partial charge in [0.2, 0.25) is 0 Å². The van der Waals surface area contributed by atoms with Crippen molar-refractivity contribution in [1.29, 1.82) is 0 Å². The quantitative estimate of drug-likeness (QED) is 0.406. The number of nitrogens with zero attached hydrogens (tertiary/aromatic N) is 3. The van der Waals surface area contributed by atoms with Crippen LogP contribution >= 0.6 is 22.9 Å². The normalized spacial score (nSPS) is 11.0. The Morgan fingerprint density at radius 3 is 2.76 bits per heavy atom. The van der Waals surface area contributed by atoms with Crippen molar-refractivity contribution < 1.29 is 9.18 Å². The zero-order valence-electron chi connectivity index (χ0n) is 15.8. The molecule has 0 radical (unpaired) electrons. The summed E-state index contributed by atoms with van der Waals surface area (Å²) in [6.07, 6.45) is 3.38. The van der Waals surface area contributed by atoms with E-state index < -0.39 is 5.82 Å². The minimum absolute atomic E-state index is 0.0688. The molecule has 4 nitrogen and oxygen atoms in total. The first-order valence-electron chi connectivity index (χ1n) is 8.96. The van der Waals surface area contributed by atoms with E-state index in [1.807, 2.05) is 26.0 Å². The lowest BCUT2D eigenvalue weighted by atomic mass is 10.1. The second kappa shape index (κ2) is 7.89. The molecule has 146 valence electrons. The van der Waals surface area contributed by atoms with Crippen LogP contribution in [0.2, 0.25) is 5.02 Å². The molecule has 1 amide bonds. The molecule has 2 heterocycles. The topological polar surface area (TPSA) is 46.1 Å². The van der Waals surface area contributed by atoms with Crippen LogP contribution in [-0.4, -0.2) is 15.9 Å². The lowest BCUT2D eigenvalue weighted by Gasteiger charge is -2.20. The average Bonchev–Trinajstić information content (AvgIpc) is 3.10. The van der Waals surface area contributed by atoms with Crippen molar-refractivity contribution >= 4 is 44.2 Å². The number of carbonyl (C=O) groups is 1. The molecule has 0 saturated carbocycles. The van der Waals surface area contributed by atoms with E-state index in [1.165, 1.54) is 23.5 Å². The Kier molecular flexibility index (Phi) is 5.30. The van der Waals surface area contributed by atoms with Crippen LogP contribution in [0.1, 0.15) is 27.0 Å². The van der Waals surface area contributed by atoms with Gasteiger partial charge in [-0.15, -0.1) is 0 Å². The number of hydrogen-bond donors (Lipinski definition) is 0. The van der Waals surface area contributed by atoms with Crippen LogP contribution in [0.3, 0.4) is 0 Å². The summed E-state index contributed by atoms with van der Waals surface area (Å²) >= 11 is 7.61. The van der Waals surface area contributed by atoms with Gasteiger partial charge in [0.05, 0.1) is 27.3 Å². The Morgan fingerprint density at radius 1 is 1.21 bits per heavy atom. The van der Waals surface area contributed by atoms with Gasteiger partial charge in [-0.2, -0.15) is 0 Å². The molecule has 4 rings (SSSR count). The molecule has 0 unspecified atom stereocenters. The molecule has 29 heavy (non-hydrogen) atoms. The van der Waals surface area contributed by atoms with Crippen molar-refractivity contribution in [2.24, 2.45) is 0 Å². The molecule has 4 aromatic rings. The van der Waals surface area contributed by atoms with Crippen molar-refractivity contribution in [2.45, 2.75) is 20.4 Å². The maximum absolute atomic E-state index is 13.5. The van der Waals surface area contributed by atoms with Gasteiger partial charge in [-0.1, -0.05) is 35.1 Å². The second-order valence-electron chi connectivity index (χ2n) is 6.80. The number of thiazole rings is 1. The molecule has 0 aliphatic heterocycles. The van der Waals surface area contributed by atoms with E-state index in [2.05, 4.69) is 17.1 Å². The summed E-state index contributed by atoms with van der Waals surface area (Å²) < 4.78 is 14.5. The van der Waals surface area contributed by atoms with Gasteiger partial charge < -0.3 is 0 Å². The highest BCUT2D eigenvalue weighted by Crippen LogP contribution is 2.34. The zero-order chi connectivity index (χ0) is 20.5. The third-order valence-electron chi connectivity index (χ3n) is 4.52. The molecule has 0 saturated heterocycles. The number of aryl methyl sites for hydroxylation is 2.